The predicted molar refractivity (Wildman–Crippen MR) is 79.9 cm³/mol. The Morgan fingerprint density at radius 2 is 1.77 bits per heavy atom. The molecule has 1 amide bonds. The number of anilines is 1. The lowest BCUT2D eigenvalue weighted by atomic mass is 9.83. The Balaban J connectivity index is 1.88. The van der Waals surface area contributed by atoms with E-state index in [1.807, 2.05) is 6.07 Å². The molecule has 1 aliphatic heterocycles. The zero-order valence-corrected chi connectivity index (χ0v) is 12.0. The van der Waals surface area contributed by atoms with Gasteiger partial charge in [-0.15, -0.1) is 0 Å². The van der Waals surface area contributed by atoms with Gasteiger partial charge in [0.05, 0.1) is 0 Å². The molecule has 2 aromatic rings. The Kier molecular flexibility index (Phi) is 2.99. The molecule has 2 aliphatic rings. The van der Waals surface area contributed by atoms with E-state index < -0.39 is 17.6 Å². The first kappa shape index (κ1) is 13.4. The van der Waals surface area contributed by atoms with Crippen LogP contribution in [0.1, 0.15) is 41.0 Å². The molecule has 1 aliphatic carbocycles. The van der Waals surface area contributed by atoms with E-state index in [1.54, 1.807) is 0 Å². The summed E-state index contributed by atoms with van der Waals surface area (Å²) in [6, 6.07) is 7.50. The average Bonchev–Trinajstić information content (AvgIpc) is 2.94. The Hall–Kier alpha value is -2.23. The van der Waals surface area contributed by atoms with Crippen LogP contribution in [-0.2, 0) is 17.6 Å². The van der Waals surface area contributed by atoms with Crippen LogP contribution in [-0.4, -0.2) is 5.91 Å². The number of fused-ring (bicyclic) bond motifs is 2. The van der Waals surface area contributed by atoms with Crippen molar-refractivity contribution in [2.45, 2.75) is 31.6 Å². The lowest BCUT2D eigenvalue weighted by Gasteiger charge is -2.27. The molecule has 1 heterocycles. The molecule has 2 nitrogen and oxygen atoms in total. The van der Waals surface area contributed by atoms with Crippen molar-refractivity contribution in [2.24, 2.45) is 0 Å². The molecule has 2 aromatic carbocycles. The molecule has 0 aromatic heterocycles. The summed E-state index contributed by atoms with van der Waals surface area (Å²) in [6.07, 6.45) is 3.27. The Morgan fingerprint density at radius 3 is 2.59 bits per heavy atom. The number of hydrogen-bond acceptors (Lipinski definition) is 1. The zero-order chi connectivity index (χ0) is 15.3. The largest absolute Gasteiger partial charge is 0.326 e. The first-order valence-electron chi connectivity index (χ1n) is 7.52. The summed E-state index contributed by atoms with van der Waals surface area (Å²) >= 11 is 0. The van der Waals surface area contributed by atoms with Gasteiger partial charge in [0.1, 0.15) is 11.6 Å². The second-order valence-electron chi connectivity index (χ2n) is 6.03. The maximum Gasteiger partial charge on any atom is 0.225 e. The number of halogens is 2. The van der Waals surface area contributed by atoms with E-state index in [0.29, 0.717) is 0 Å². The molecule has 4 rings (SSSR count). The minimum Gasteiger partial charge on any atom is -0.326 e. The maximum absolute atomic E-state index is 14.2. The Bertz CT molecular complexity index is 785. The van der Waals surface area contributed by atoms with Crippen molar-refractivity contribution in [2.75, 3.05) is 5.32 Å². The number of amides is 1. The van der Waals surface area contributed by atoms with Crippen molar-refractivity contribution >= 4 is 11.6 Å². The minimum absolute atomic E-state index is 0.145. The van der Waals surface area contributed by atoms with E-state index in [2.05, 4.69) is 11.4 Å². The smallest absolute Gasteiger partial charge is 0.225 e. The number of nitrogens with one attached hydrogen (secondary N) is 1. The van der Waals surface area contributed by atoms with Gasteiger partial charge in [0.25, 0.3) is 0 Å². The maximum atomic E-state index is 14.2. The number of carbonyl (C=O) groups is 1. The highest BCUT2D eigenvalue weighted by molar-refractivity contribution is 5.95. The molecule has 22 heavy (non-hydrogen) atoms. The van der Waals surface area contributed by atoms with E-state index in [1.165, 1.54) is 17.2 Å². The number of rotatable bonds is 1. The van der Waals surface area contributed by atoms with Gasteiger partial charge >= 0.3 is 0 Å². The van der Waals surface area contributed by atoms with Crippen LogP contribution in [0.15, 0.2) is 30.3 Å². The second-order valence-corrected chi connectivity index (χ2v) is 6.03. The fourth-order valence-corrected chi connectivity index (χ4v) is 3.60. The van der Waals surface area contributed by atoms with Crippen molar-refractivity contribution in [1.82, 2.24) is 0 Å². The first-order valence-corrected chi connectivity index (χ1v) is 7.52. The molecular formula is C18H15F2NO. The highest BCUT2D eigenvalue weighted by Gasteiger charge is 2.30. The van der Waals surface area contributed by atoms with Crippen LogP contribution in [0.2, 0.25) is 0 Å². The molecule has 1 N–H and O–H groups in total. The van der Waals surface area contributed by atoms with Crippen LogP contribution in [0.4, 0.5) is 14.5 Å². The fourth-order valence-electron chi connectivity index (χ4n) is 3.60. The fraction of sp³-hybridized carbons (Fsp3) is 0.278. The third-order valence-electron chi connectivity index (χ3n) is 4.64. The van der Waals surface area contributed by atoms with Crippen molar-refractivity contribution < 1.29 is 13.6 Å². The monoisotopic (exact) mass is 299 g/mol. The molecule has 0 spiro atoms. The second kappa shape index (κ2) is 4.90. The summed E-state index contributed by atoms with van der Waals surface area (Å²) < 4.78 is 27.7. The van der Waals surface area contributed by atoms with Gasteiger partial charge in [-0.25, -0.2) is 8.78 Å². The lowest BCUT2D eigenvalue weighted by molar-refractivity contribution is -0.116. The summed E-state index contributed by atoms with van der Waals surface area (Å²) in [5, 5.41) is 2.87. The molecule has 0 bridgehead atoms. The minimum atomic E-state index is -0.481. The normalized spacial score (nSPS) is 19.5. The average molecular weight is 299 g/mol. The molecule has 112 valence electrons. The molecule has 0 fully saturated rings. The number of hydrogen-bond donors (Lipinski definition) is 1. The summed E-state index contributed by atoms with van der Waals surface area (Å²) in [5.74, 6) is -1.53. The van der Waals surface area contributed by atoms with Crippen LogP contribution < -0.4 is 5.32 Å². The van der Waals surface area contributed by atoms with Gasteiger partial charge in [0.2, 0.25) is 5.91 Å². The molecular weight excluding hydrogens is 284 g/mol. The molecule has 0 radical (unpaired) electrons. The number of carbonyl (C=O) groups excluding carboxylic acids is 1. The number of aryl methyl sites for hydroxylation is 2. The standard InChI is InChI=1S/C18H15F2NO/c19-12-4-5-16(20)14(8-12)13-9-18(22)21-17-7-11-3-1-2-10(11)6-15(13)17/h4-8,13H,1-3,9H2,(H,21,22)/t13-/m0/s1. The van der Waals surface area contributed by atoms with Gasteiger partial charge in [-0.1, -0.05) is 6.07 Å². The SMILES string of the molecule is O=C1C[C@@H](c2cc(F)ccc2F)c2cc3c(cc2N1)CCC3. The molecule has 4 heteroatoms. The van der Waals surface area contributed by atoms with E-state index in [0.717, 1.165) is 42.6 Å². The Labute approximate surface area is 127 Å². The summed E-state index contributed by atoms with van der Waals surface area (Å²) in [6.45, 7) is 0. The molecule has 0 saturated carbocycles. The van der Waals surface area contributed by atoms with E-state index in [-0.39, 0.29) is 17.9 Å². The third kappa shape index (κ3) is 2.10. The number of benzene rings is 2. The highest BCUT2D eigenvalue weighted by Crippen LogP contribution is 2.41. The molecule has 0 saturated heterocycles. The van der Waals surface area contributed by atoms with Crippen molar-refractivity contribution in [3.63, 3.8) is 0 Å². The van der Waals surface area contributed by atoms with Gasteiger partial charge in [-0.05, 0) is 65.8 Å². The van der Waals surface area contributed by atoms with Crippen LogP contribution in [0, 0.1) is 11.6 Å². The topological polar surface area (TPSA) is 29.1 Å². The van der Waals surface area contributed by atoms with Gasteiger partial charge in [0, 0.05) is 18.0 Å². The first-order chi connectivity index (χ1) is 10.6. The van der Waals surface area contributed by atoms with E-state index in [9.17, 15) is 13.6 Å². The summed E-state index contributed by atoms with van der Waals surface area (Å²) in [4.78, 5) is 12.0. The van der Waals surface area contributed by atoms with Gasteiger partial charge < -0.3 is 5.32 Å². The van der Waals surface area contributed by atoms with Crippen molar-refractivity contribution in [1.29, 1.82) is 0 Å². The van der Waals surface area contributed by atoms with Crippen LogP contribution >= 0.6 is 0 Å². The van der Waals surface area contributed by atoms with Gasteiger partial charge in [0.15, 0.2) is 0 Å². The Morgan fingerprint density at radius 1 is 1.00 bits per heavy atom. The summed E-state index contributed by atoms with van der Waals surface area (Å²) in [5.41, 5.74) is 4.40. The van der Waals surface area contributed by atoms with Crippen molar-refractivity contribution in [3.05, 3.63) is 64.2 Å². The van der Waals surface area contributed by atoms with E-state index >= 15 is 0 Å². The van der Waals surface area contributed by atoms with Gasteiger partial charge in [-0.3, -0.25) is 4.79 Å². The third-order valence-corrected chi connectivity index (χ3v) is 4.64. The summed E-state index contributed by atoms with van der Waals surface area (Å²) in [7, 11) is 0. The predicted octanol–water partition coefficient (Wildman–Crippen LogP) is 3.93. The van der Waals surface area contributed by atoms with Crippen LogP contribution in [0.3, 0.4) is 0 Å². The lowest BCUT2D eigenvalue weighted by Crippen LogP contribution is -2.24. The highest BCUT2D eigenvalue weighted by atomic mass is 19.1. The van der Waals surface area contributed by atoms with E-state index in [4.69, 9.17) is 0 Å². The van der Waals surface area contributed by atoms with Crippen LogP contribution in [0.5, 0.6) is 0 Å². The van der Waals surface area contributed by atoms with Crippen molar-refractivity contribution in [3.8, 4) is 0 Å². The molecule has 0 unspecified atom stereocenters. The quantitative estimate of drug-likeness (QED) is 0.849. The molecule has 1 atom stereocenters. The van der Waals surface area contributed by atoms with Crippen LogP contribution in [0.25, 0.3) is 0 Å². The van der Waals surface area contributed by atoms with Gasteiger partial charge in [-0.2, -0.15) is 0 Å². The zero-order valence-electron chi connectivity index (χ0n) is 12.0.